The van der Waals surface area contributed by atoms with Gasteiger partial charge in [-0.15, -0.1) is 0 Å². The molecule has 1 heterocycles. The lowest BCUT2D eigenvalue weighted by Crippen LogP contribution is -2.11. The van der Waals surface area contributed by atoms with Crippen LogP contribution < -0.4 is 9.80 Å². The summed E-state index contributed by atoms with van der Waals surface area (Å²) >= 11 is 0. The van der Waals surface area contributed by atoms with E-state index in [9.17, 15) is 0 Å². The molecule has 0 aliphatic carbocycles. The molecule has 0 radical (unpaired) electrons. The van der Waals surface area contributed by atoms with Gasteiger partial charge < -0.3 is 14.4 Å². The molecule has 306 valence electrons. The van der Waals surface area contributed by atoms with E-state index in [2.05, 4.69) is 275 Å². The Morgan fingerprint density at radius 3 is 1.49 bits per heavy atom. The van der Waals surface area contributed by atoms with Crippen molar-refractivity contribution >= 4 is 77.5 Å². The highest BCUT2D eigenvalue weighted by atomic mass is 15.1. The Morgan fingerprint density at radius 1 is 0.262 bits per heavy atom. The Morgan fingerprint density at radius 2 is 0.754 bits per heavy atom. The summed E-state index contributed by atoms with van der Waals surface area (Å²) in [5, 5.41) is 7.24. The van der Waals surface area contributed by atoms with Crippen LogP contribution in [0.3, 0.4) is 0 Å². The topological polar surface area (TPSA) is 11.4 Å². The molecule has 65 heavy (non-hydrogen) atoms. The quantitative estimate of drug-likeness (QED) is 0.144. The van der Waals surface area contributed by atoms with Crippen molar-refractivity contribution in [1.82, 2.24) is 4.57 Å². The van der Waals surface area contributed by atoms with Gasteiger partial charge in [0.2, 0.25) is 0 Å². The number of nitrogens with zero attached hydrogens (tertiary/aromatic N) is 3. The molecule has 12 rings (SSSR count). The van der Waals surface area contributed by atoms with Crippen LogP contribution in [0.4, 0.5) is 34.1 Å². The predicted molar refractivity (Wildman–Crippen MR) is 276 cm³/mol. The monoisotopic (exact) mass is 829 g/mol. The summed E-state index contributed by atoms with van der Waals surface area (Å²) in [6.07, 6.45) is 0. The van der Waals surface area contributed by atoms with Gasteiger partial charge in [-0.1, -0.05) is 176 Å². The second kappa shape index (κ2) is 16.2. The Bertz CT molecular complexity index is 3630. The van der Waals surface area contributed by atoms with E-state index in [1.54, 1.807) is 0 Å². The lowest BCUT2D eigenvalue weighted by molar-refractivity contribution is 1.18. The summed E-state index contributed by atoms with van der Waals surface area (Å²) in [5.74, 6) is 0. The van der Waals surface area contributed by atoms with Crippen LogP contribution in [0.5, 0.6) is 0 Å². The van der Waals surface area contributed by atoms with Crippen molar-refractivity contribution in [3.63, 3.8) is 0 Å². The molecule has 0 unspecified atom stereocenters. The van der Waals surface area contributed by atoms with Gasteiger partial charge in [0.15, 0.2) is 0 Å². The van der Waals surface area contributed by atoms with Crippen molar-refractivity contribution in [1.29, 1.82) is 0 Å². The molecule has 1 aromatic heterocycles. The molecular formula is C62H43N3. The van der Waals surface area contributed by atoms with E-state index < -0.39 is 0 Å². The maximum absolute atomic E-state index is 2.41. The van der Waals surface area contributed by atoms with Gasteiger partial charge in [0.05, 0.1) is 22.4 Å². The molecule has 0 aliphatic rings. The predicted octanol–water partition coefficient (Wildman–Crippen LogP) is 17.4. The lowest BCUT2D eigenvalue weighted by atomic mass is 9.96. The SMILES string of the molecule is c1ccc(-c2ccc(N(c3ccc(-c4ccc(N(c5ccccc5)c5ccc6c(c5)c5ccccc5n6-c5ccccc5)c5ccccc45)cc3)c3cccc4ccccc34)cc2)cc1. The van der Waals surface area contributed by atoms with Crippen molar-refractivity contribution in [3.8, 4) is 27.9 Å². The van der Waals surface area contributed by atoms with Crippen LogP contribution in [0.2, 0.25) is 0 Å². The van der Waals surface area contributed by atoms with Crippen molar-refractivity contribution in [2.24, 2.45) is 0 Å². The summed E-state index contributed by atoms with van der Waals surface area (Å²) in [7, 11) is 0. The minimum absolute atomic E-state index is 1.10. The summed E-state index contributed by atoms with van der Waals surface area (Å²) in [6.45, 7) is 0. The zero-order chi connectivity index (χ0) is 43.1. The third kappa shape index (κ3) is 6.78. The first-order valence-electron chi connectivity index (χ1n) is 22.3. The molecule has 0 atom stereocenters. The van der Waals surface area contributed by atoms with Gasteiger partial charge in [-0.25, -0.2) is 0 Å². The van der Waals surface area contributed by atoms with Crippen LogP contribution in [0.1, 0.15) is 0 Å². The second-order valence-corrected chi connectivity index (χ2v) is 16.5. The molecule has 0 bridgehead atoms. The molecule has 11 aromatic carbocycles. The minimum atomic E-state index is 1.10. The maximum Gasteiger partial charge on any atom is 0.0542 e. The van der Waals surface area contributed by atoms with Crippen LogP contribution in [-0.4, -0.2) is 4.57 Å². The smallest absolute Gasteiger partial charge is 0.0542 e. The molecule has 0 fully saturated rings. The Balaban J connectivity index is 0.966. The molecule has 0 saturated carbocycles. The third-order valence-corrected chi connectivity index (χ3v) is 12.8. The molecule has 3 nitrogen and oxygen atoms in total. The standard InChI is InChI=1S/C62H43N3/c1-4-17-44(18-5-1)45-31-35-50(36-32-45)63(59-30-16-20-46-19-10-11-25-54(46)59)51-37-33-47(34-38-51)53-40-42-61(56-27-13-12-26-55(53)56)64(48-21-6-2-7-22-48)52-39-41-62-58(43-52)57-28-14-15-29-60(57)65(62)49-23-8-3-9-24-49/h1-43H. The molecule has 0 amide bonds. The zero-order valence-electron chi connectivity index (χ0n) is 35.7. The van der Waals surface area contributed by atoms with Gasteiger partial charge >= 0.3 is 0 Å². The van der Waals surface area contributed by atoms with Crippen molar-refractivity contribution in [2.45, 2.75) is 0 Å². The fraction of sp³-hybridized carbons (Fsp3) is 0. The van der Waals surface area contributed by atoms with Crippen LogP contribution >= 0.6 is 0 Å². The molecule has 12 aromatic rings. The van der Waals surface area contributed by atoms with E-state index in [4.69, 9.17) is 0 Å². The summed E-state index contributed by atoms with van der Waals surface area (Å²) in [4.78, 5) is 4.79. The first-order valence-corrected chi connectivity index (χ1v) is 22.3. The number of hydrogen-bond donors (Lipinski definition) is 0. The molecule has 0 spiro atoms. The largest absolute Gasteiger partial charge is 0.310 e. The number of rotatable bonds is 9. The Hall–Kier alpha value is -8.66. The first-order chi connectivity index (χ1) is 32.3. The minimum Gasteiger partial charge on any atom is -0.310 e. The molecule has 0 saturated heterocycles. The summed E-state index contributed by atoms with van der Waals surface area (Å²) in [6, 6.07) is 94.3. The number of fused-ring (bicyclic) bond motifs is 5. The fourth-order valence-corrected chi connectivity index (χ4v) is 9.74. The summed E-state index contributed by atoms with van der Waals surface area (Å²) in [5.41, 5.74) is 15.0. The van der Waals surface area contributed by atoms with Gasteiger partial charge in [0.1, 0.15) is 0 Å². The van der Waals surface area contributed by atoms with Gasteiger partial charge in [-0.3, -0.25) is 0 Å². The molecule has 0 N–H and O–H groups in total. The van der Waals surface area contributed by atoms with Crippen LogP contribution in [0.25, 0.3) is 71.3 Å². The number of para-hydroxylation sites is 3. The van der Waals surface area contributed by atoms with Crippen LogP contribution in [-0.2, 0) is 0 Å². The van der Waals surface area contributed by atoms with Crippen molar-refractivity contribution < 1.29 is 0 Å². The zero-order valence-corrected chi connectivity index (χ0v) is 35.7. The van der Waals surface area contributed by atoms with Gasteiger partial charge in [-0.05, 0) is 118 Å². The second-order valence-electron chi connectivity index (χ2n) is 16.5. The highest BCUT2D eigenvalue weighted by Crippen LogP contribution is 2.45. The van der Waals surface area contributed by atoms with E-state index >= 15 is 0 Å². The number of benzene rings is 11. The van der Waals surface area contributed by atoms with E-state index in [1.165, 1.54) is 60.0 Å². The van der Waals surface area contributed by atoms with Gasteiger partial charge in [-0.2, -0.15) is 0 Å². The highest BCUT2D eigenvalue weighted by molar-refractivity contribution is 6.12. The van der Waals surface area contributed by atoms with E-state index in [0.29, 0.717) is 0 Å². The Labute approximate surface area is 378 Å². The maximum atomic E-state index is 2.41. The Kier molecular flexibility index (Phi) is 9.50. The number of anilines is 6. The molecule has 0 aliphatic heterocycles. The number of aromatic nitrogens is 1. The van der Waals surface area contributed by atoms with Crippen molar-refractivity contribution in [2.75, 3.05) is 9.80 Å². The average Bonchev–Trinajstić information content (AvgIpc) is 3.72. The van der Waals surface area contributed by atoms with Crippen LogP contribution in [0, 0.1) is 0 Å². The average molecular weight is 830 g/mol. The molecular weight excluding hydrogens is 787 g/mol. The van der Waals surface area contributed by atoms with Gasteiger partial charge in [0, 0.05) is 50.0 Å². The van der Waals surface area contributed by atoms with E-state index in [-0.39, 0.29) is 0 Å². The van der Waals surface area contributed by atoms with Crippen LogP contribution in [0.15, 0.2) is 261 Å². The first kappa shape index (κ1) is 38.0. The normalized spacial score (nSPS) is 11.4. The van der Waals surface area contributed by atoms with E-state index in [1.807, 2.05) is 0 Å². The summed E-state index contributed by atoms with van der Waals surface area (Å²) < 4.78 is 2.37. The van der Waals surface area contributed by atoms with Crippen molar-refractivity contribution in [3.05, 3.63) is 261 Å². The molecule has 3 heteroatoms. The lowest BCUT2D eigenvalue weighted by Gasteiger charge is -2.28. The van der Waals surface area contributed by atoms with E-state index in [0.717, 1.165) is 45.4 Å². The van der Waals surface area contributed by atoms with Gasteiger partial charge in [0.25, 0.3) is 0 Å². The third-order valence-electron chi connectivity index (χ3n) is 12.8. The highest BCUT2D eigenvalue weighted by Gasteiger charge is 2.21. The number of hydrogen-bond acceptors (Lipinski definition) is 2. The fourth-order valence-electron chi connectivity index (χ4n) is 9.74.